The van der Waals surface area contributed by atoms with E-state index in [2.05, 4.69) is 5.32 Å². The van der Waals surface area contributed by atoms with Gasteiger partial charge in [-0.2, -0.15) is 0 Å². The largest absolute Gasteiger partial charge is 0.417 e. The van der Waals surface area contributed by atoms with Crippen LogP contribution in [0, 0.1) is 13.8 Å². The Hall–Kier alpha value is -3.07. The molecule has 0 aliphatic rings. The van der Waals surface area contributed by atoms with Crippen LogP contribution in [0.2, 0.25) is 0 Å². The highest BCUT2D eigenvalue weighted by Gasteiger charge is 2.09. The number of benzene rings is 3. The number of hydrogen-bond donors (Lipinski definition) is 1. The van der Waals surface area contributed by atoms with Crippen molar-refractivity contribution in [1.82, 2.24) is 0 Å². The van der Waals surface area contributed by atoms with Crippen LogP contribution >= 0.6 is 0 Å². The first-order valence-electron chi connectivity index (χ1n) is 7.84. The second-order valence-electron chi connectivity index (χ2n) is 5.67. The molecule has 1 amide bonds. The summed E-state index contributed by atoms with van der Waals surface area (Å²) >= 11 is 0. The van der Waals surface area contributed by atoms with Gasteiger partial charge < -0.3 is 4.74 Å². The molecule has 3 heteroatoms. The summed E-state index contributed by atoms with van der Waals surface area (Å²) in [6, 6.07) is 23.4. The first-order valence-corrected chi connectivity index (χ1v) is 7.84. The molecule has 0 radical (unpaired) electrons. The molecule has 0 unspecified atom stereocenters. The second kappa shape index (κ2) is 7.01. The summed E-state index contributed by atoms with van der Waals surface area (Å²) < 4.78 is 5.37. The Morgan fingerprint density at radius 2 is 1.33 bits per heavy atom. The van der Waals surface area contributed by atoms with Crippen LogP contribution in [0.5, 0.6) is 5.75 Å². The number of hydrogen-bond acceptors (Lipinski definition) is 2. The van der Waals surface area contributed by atoms with Gasteiger partial charge in [0.1, 0.15) is 5.75 Å². The summed E-state index contributed by atoms with van der Waals surface area (Å²) in [4.78, 5) is 12.1. The number of carbonyl (C=O) groups is 1. The van der Waals surface area contributed by atoms with E-state index in [-0.39, 0.29) is 0 Å². The highest BCUT2D eigenvalue weighted by atomic mass is 16.6. The minimum Gasteiger partial charge on any atom is -0.410 e. The lowest BCUT2D eigenvalue weighted by Crippen LogP contribution is -2.18. The van der Waals surface area contributed by atoms with Crippen LogP contribution in [0.4, 0.5) is 10.5 Å². The van der Waals surface area contributed by atoms with Crippen molar-refractivity contribution in [1.29, 1.82) is 0 Å². The fourth-order valence-electron chi connectivity index (χ4n) is 2.59. The molecule has 0 heterocycles. The number of aryl methyl sites for hydroxylation is 2. The van der Waals surface area contributed by atoms with Gasteiger partial charge in [-0.3, -0.25) is 5.32 Å². The van der Waals surface area contributed by atoms with Crippen LogP contribution in [0.3, 0.4) is 0 Å². The van der Waals surface area contributed by atoms with Gasteiger partial charge in [0, 0.05) is 5.69 Å². The molecular weight excluding hydrogens is 298 g/mol. The van der Waals surface area contributed by atoms with Gasteiger partial charge >= 0.3 is 6.09 Å². The molecule has 0 aliphatic carbocycles. The van der Waals surface area contributed by atoms with Crippen LogP contribution in [-0.4, -0.2) is 6.09 Å². The fraction of sp³-hybridized carbons (Fsp3) is 0.0952. The smallest absolute Gasteiger partial charge is 0.410 e. The zero-order chi connectivity index (χ0) is 16.9. The van der Waals surface area contributed by atoms with Crippen molar-refractivity contribution in [3.05, 3.63) is 83.9 Å². The van der Waals surface area contributed by atoms with E-state index < -0.39 is 6.09 Å². The van der Waals surface area contributed by atoms with Gasteiger partial charge in [-0.25, -0.2) is 4.79 Å². The lowest BCUT2D eigenvalue weighted by atomic mass is 10.1. The number of ether oxygens (including phenoxy) is 1. The molecule has 0 aliphatic heterocycles. The van der Waals surface area contributed by atoms with Gasteiger partial charge in [-0.05, 0) is 48.2 Å². The van der Waals surface area contributed by atoms with E-state index in [1.54, 1.807) is 12.1 Å². The van der Waals surface area contributed by atoms with E-state index in [1.807, 2.05) is 74.5 Å². The Balaban J connectivity index is 1.69. The van der Waals surface area contributed by atoms with Gasteiger partial charge in [0.15, 0.2) is 0 Å². The SMILES string of the molecule is Cc1cccc(C)c1NC(=O)Oc1ccc(-c2ccccc2)cc1. The van der Waals surface area contributed by atoms with Crippen molar-refractivity contribution in [2.24, 2.45) is 0 Å². The van der Waals surface area contributed by atoms with Gasteiger partial charge in [0.2, 0.25) is 0 Å². The third-order valence-corrected chi connectivity index (χ3v) is 3.88. The summed E-state index contributed by atoms with van der Waals surface area (Å²) in [7, 11) is 0. The molecule has 3 rings (SSSR count). The fourth-order valence-corrected chi connectivity index (χ4v) is 2.59. The quantitative estimate of drug-likeness (QED) is 0.684. The van der Waals surface area contributed by atoms with Crippen molar-refractivity contribution in [2.75, 3.05) is 5.32 Å². The van der Waals surface area contributed by atoms with Crippen LogP contribution in [0.1, 0.15) is 11.1 Å². The van der Waals surface area contributed by atoms with E-state index in [0.717, 1.165) is 27.9 Å². The first-order chi connectivity index (χ1) is 11.6. The molecule has 0 fully saturated rings. The Morgan fingerprint density at radius 1 is 0.750 bits per heavy atom. The van der Waals surface area contributed by atoms with E-state index in [9.17, 15) is 4.79 Å². The maximum atomic E-state index is 12.1. The Bertz CT molecular complexity index is 819. The minimum atomic E-state index is -0.486. The molecule has 1 N–H and O–H groups in total. The lowest BCUT2D eigenvalue weighted by Gasteiger charge is -2.11. The monoisotopic (exact) mass is 317 g/mol. The summed E-state index contributed by atoms with van der Waals surface area (Å²) in [5.74, 6) is 0.512. The Kier molecular flexibility index (Phi) is 4.62. The normalized spacial score (nSPS) is 10.2. The summed E-state index contributed by atoms with van der Waals surface area (Å²) in [6.45, 7) is 3.91. The molecule has 24 heavy (non-hydrogen) atoms. The minimum absolute atomic E-state index is 0.486. The number of amides is 1. The third kappa shape index (κ3) is 3.63. The topological polar surface area (TPSA) is 38.3 Å². The molecule has 120 valence electrons. The highest BCUT2D eigenvalue weighted by Crippen LogP contribution is 2.23. The van der Waals surface area contributed by atoms with Crippen molar-refractivity contribution >= 4 is 11.8 Å². The van der Waals surface area contributed by atoms with E-state index in [1.165, 1.54) is 0 Å². The average Bonchev–Trinajstić information content (AvgIpc) is 2.60. The van der Waals surface area contributed by atoms with Gasteiger partial charge in [0.05, 0.1) is 0 Å². The molecule has 3 aromatic rings. The van der Waals surface area contributed by atoms with Crippen molar-refractivity contribution in [2.45, 2.75) is 13.8 Å². The van der Waals surface area contributed by atoms with E-state index >= 15 is 0 Å². The van der Waals surface area contributed by atoms with Crippen LogP contribution in [0.25, 0.3) is 11.1 Å². The average molecular weight is 317 g/mol. The lowest BCUT2D eigenvalue weighted by molar-refractivity contribution is 0.215. The Labute approximate surface area is 141 Å². The number of nitrogens with one attached hydrogen (secondary N) is 1. The maximum absolute atomic E-state index is 12.1. The third-order valence-electron chi connectivity index (χ3n) is 3.88. The van der Waals surface area contributed by atoms with Gasteiger partial charge in [0.25, 0.3) is 0 Å². The van der Waals surface area contributed by atoms with Gasteiger partial charge in [-0.15, -0.1) is 0 Å². The van der Waals surface area contributed by atoms with E-state index in [0.29, 0.717) is 5.75 Å². The summed E-state index contributed by atoms with van der Waals surface area (Å²) in [6.07, 6.45) is -0.486. The molecule has 3 aromatic carbocycles. The first kappa shape index (κ1) is 15.8. The number of anilines is 1. The maximum Gasteiger partial charge on any atom is 0.417 e. The molecular formula is C21H19NO2. The predicted molar refractivity (Wildman–Crippen MR) is 97.4 cm³/mol. The summed E-state index contributed by atoms with van der Waals surface area (Å²) in [5.41, 5.74) is 5.02. The predicted octanol–water partition coefficient (Wildman–Crippen LogP) is 5.58. The van der Waals surface area contributed by atoms with E-state index in [4.69, 9.17) is 4.74 Å². The molecule has 3 nitrogen and oxygen atoms in total. The number of carbonyl (C=O) groups excluding carboxylic acids is 1. The molecule has 0 bridgehead atoms. The standard InChI is InChI=1S/C21H19NO2/c1-15-7-6-8-16(2)20(15)22-21(23)24-19-13-11-18(12-14-19)17-9-4-3-5-10-17/h3-14H,1-2H3,(H,22,23). The van der Waals surface area contributed by atoms with Crippen molar-refractivity contribution in [3.63, 3.8) is 0 Å². The zero-order valence-electron chi connectivity index (χ0n) is 13.7. The molecule has 0 spiro atoms. The molecule has 0 saturated heterocycles. The molecule has 0 saturated carbocycles. The second-order valence-corrected chi connectivity index (χ2v) is 5.67. The number of rotatable bonds is 3. The Morgan fingerprint density at radius 3 is 1.96 bits per heavy atom. The molecule has 0 atom stereocenters. The highest BCUT2D eigenvalue weighted by molar-refractivity contribution is 5.88. The number of para-hydroxylation sites is 1. The van der Waals surface area contributed by atoms with Crippen LogP contribution < -0.4 is 10.1 Å². The van der Waals surface area contributed by atoms with Crippen LogP contribution in [0.15, 0.2) is 72.8 Å². The zero-order valence-corrected chi connectivity index (χ0v) is 13.7. The van der Waals surface area contributed by atoms with Crippen molar-refractivity contribution in [3.8, 4) is 16.9 Å². The van der Waals surface area contributed by atoms with Crippen LogP contribution in [-0.2, 0) is 0 Å². The molecule has 0 aromatic heterocycles. The summed E-state index contributed by atoms with van der Waals surface area (Å²) in [5, 5.41) is 2.81. The van der Waals surface area contributed by atoms with Gasteiger partial charge in [-0.1, -0.05) is 60.7 Å². The van der Waals surface area contributed by atoms with Crippen molar-refractivity contribution < 1.29 is 9.53 Å².